The van der Waals surface area contributed by atoms with Crippen molar-refractivity contribution >= 4 is 28.6 Å². The van der Waals surface area contributed by atoms with Crippen LogP contribution in [0.15, 0.2) is 18.2 Å². The molecule has 1 aromatic heterocycles. The van der Waals surface area contributed by atoms with Gasteiger partial charge in [-0.3, -0.25) is 0 Å². The monoisotopic (exact) mass is 266 g/mol. The van der Waals surface area contributed by atoms with Gasteiger partial charge >= 0.3 is 5.97 Å². The number of carbonyl (C=O) groups is 1. The van der Waals surface area contributed by atoms with Crippen molar-refractivity contribution in [2.45, 2.75) is 26.8 Å². The highest BCUT2D eigenvalue weighted by Gasteiger charge is 2.21. The van der Waals surface area contributed by atoms with Crippen LogP contribution in [-0.2, 0) is 4.74 Å². The number of esters is 1. The van der Waals surface area contributed by atoms with Gasteiger partial charge in [-0.2, -0.15) is 0 Å². The van der Waals surface area contributed by atoms with Crippen LogP contribution < -0.4 is 0 Å². The number of carbonyl (C=O) groups excluding carboxylic acids is 1. The summed E-state index contributed by atoms with van der Waals surface area (Å²) in [5.74, 6) is -0.117. The van der Waals surface area contributed by atoms with Crippen molar-refractivity contribution in [3.63, 3.8) is 0 Å². The zero-order chi connectivity index (χ0) is 13.3. The number of halogens is 1. The number of hydrogen-bond donors (Lipinski definition) is 0. The largest absolute Gasteiger partial charge is 0.460 e. The Morgan fingerprint density at radius 2 is 2.22 bits per heavy atom. The second-order valence-corrected chi connectivity index (χ2v) is 4.63. The summed E-state index contributed by atoms with van der Waals surface area (Å²) >= 11 is 6.19. The molecule has 0 aliphatic heterocycles. The van der Waals surface area contributed by atoms with Crippen LogP contribution in [-0.4, -0.2) is 22.1 Å². The predicted molar refractivity (Wildman–Crippen MR) is 71.1 cm³/mol. The van der Waals surface area contributed by atoms with E-state index < -0.39 is 5.97 Å². The molecule has 18 heavy (non-hydrogen) atoms. The Balaban J connectivity index is 2.70. The maximum Gasteiger partial charge on any atom is 0.374 e. The third kappa shape index (κ3) is 2.08. The quantitative estimate of drug-likeness (QED) is 0.799. The summed E-state index contributed by atoms with van der Waals surface area (Å²) in [6.07, 6.45) is 0. The van der Waals surface area contributed by atoms with Gasteiger partial charge in [0.2, 0.25) is 5.82 Å². The smallest absolute Gasteiger partial charge is 0.374 e. The molecule has 0 amide bonds. The minimum Gasteiger partial charge on any atom is -0.460 e. The van der Waals surface area contributed by atoms with Crippen molar-refractivity contribution in [1.29, 1.82) is 0 Å². The molecule has 96 valence electrons. The van der Waals surface area contributed by atoms with Crippen LogP contribution in [0.25, 0.3) is 11.0 Å². The molecule has 5 heteroatoms. The van der Waals surface area contributed by atoms with E-state index in [9.17, 15) is 4.79 Å². The van der Waals surface area contributed by atoms with E-state index in [1.54, 1.807) is 13.0 Å². The van der Waals surface area contributed by atoms with E-state index in [-0.39, 0.29) is 6.04 Å². The zero-order valence-corrected chi connectivity index (χ0v) is 11.4. The summed E-state index contributed by atoms with van der Waals surface area (Å²) < 4.78 is 6.84. The number of para-hydroxylation sites is 1. The van der Waals surface area contributed by atoms with Crippen molar-refractivity contribution < 1.29 is 9.53 Å². The van der Waals surface area contributed by atoms with E-state index in [0.717, 1.165) is 5.52 Å². The van der Waals surface area contributed by atoms with E-state index >= 15 is 0 Å². The number of rotatable bonds is 3. The van der Waals surface area contributed by atoms with Crippen molar-refractivity contribution in [2.24, 2.45) is 0 Å². The lowest BCUT2D eigenvalue weighted by Crippen LogP contribution is -2.15. The molecule has 0 saturated carbocycles. The van der Waals surface area contributed by atoms with Gasteiger partial charge in [0.05, 0.1) is 22.7 Å². The van der Waals surface area contributed by atoms with Crippen LogP contribution in [0.4, 0.5) is 0 Å². The van der Waals surface area contributed by atoms with E-state index in [1.165, 1.54) is 0 Å². The Kier molecular flexibility index (Phi) is 3.57. The van der Waals surface area contributed by atoms with Crippen LogP contribution >= 0.6 is 11.6 Å². The first kappa shape index (κ1) is 12.9. The molecule has 0 unspecified atom stereocenters. The summed E-state index contributed by atoms with van der Waals surface area (Å²) in [5, 5.41) is 0.587. The molecule has 0 atom stereocenters. The van der Waals surface area contributed by atoms with E-state index in [2.05, 4.69) is 4.98 Å². The average Bonchev–Trinajstić information content (AvgIpc) is 2.70. The molecule has 0 bridgehead atoms. The van der Waals surface area contributed by atoms with E-state index in [4.69, 9.17) is 16.3 Å². The Morgan fingerprint density at radius 3 is 2.83 bits per heavy atom. The van der Waals surface area contributed by atoms with Crippen LogP contribution in [0.2, 0.25) is 5.02 Å². The molecular formula is C13H15ClN2O2. The van der Waals surface area contributed by atoms with Crippen molar-refractivity contribution in [2.75, 3.05) is 6.61 Å². The Morgan fingerprint density at radius 1 is 1.50 bits per heavy atom. The fourth-order valence-electron chi connectivity index (χ4n) is 1.95. The highest BCUT2D eigenvalue weighted by Crippen LogP contribution is 2.27. The summed E-state index contributed by atoms with van der Waals surface area (Å²) in [4.78, 5) is 16.2. The SMILES string of the molecule is CCOC(=O)c1nc2cccc(Cl)c2n1C(C)C. The molecule has 2 aromatic rings. The predicted octanol–water partition coefficient (Wildman–Crippen LogP) is 3.45. The van der Waals surface area contributed by atoms with Gasteiger partial charge in [-0.05, 0) is 32.9 Å². The second kappa shape index (κ2) is 4.98. The molecule has 0 saturated heterocycles. The van der Waals surface area contributed by atoms with Crippen molar-refractivity contribution in [1.82, 2.24) is 9.55 Å². The molecule has 0 aliphatic rings. The minimum atomic E-state index is -0.418. The summed E-state index contributed by atoms with van der Waals surface area (Å²) in [7, 11) is 0. The topological polar surface area (TPSA) is 44.1 Å². The normalized spacial score (nSPS) is 11.2. The first-order chi connectivity index (χ1) is 8.56. The molecule has 0 N–H and O–H groups in total. The fourth-order valence-corrected chi connectivity index (χ4v) is 2.21. The molecule has 0 radical (unpaired) electrons. The standard InChI is InChI=1S/C13H15ClN2O2/c1-4-18-13(17)12-15-10-7-5-6-9(14)11(10)16(12)8(2)3/h5-8H,4H2,1-3H3. The molecule has 1 heterocycles. The molecule has 0 spiro atoms. The number of fused-ring (bicyclic) bond motifs is 1. The molecule has 1 aromatic carbocycles. The number of nitrogens with zero attached hydrogens (tertiary/aromatic N) is 2. The second-order valence-electron chi connectivity index (χ2n) is 4.23. The van der Waals surface area contributed by atoms with E-state index in [1.807, 2.05) is 30.5 Å². The molecule has 2 rings (SSSR count). The van der Waals surface area contributed by atoms with Gasteiger partial charge in [0.25, 0.3) is 0 Å². The maximum atomic E-state index is 11.9. The minimum absolute atomic E-state index is 0.0781. The number of aromatic nitrogens is 2. The third-order valence-electron chi connectivity index (χ3n) is 2.64. The lowest BCUT2D eigenvalue weighted by molar-refractivity contribution is 0.0505. The number of imidazole rings is 1. The van der Waals surface area contributed by atoms with Crippen LogP contribution in [0.5, 0.6) is 0 Å². The molecular weight excluding hydrogens is 252 g/mol. The number of hydrogen-bond acceptors (Lipinski definition) is 3. The first-order valence-corrected chi connectivity index (χ1v) is 6.27. The average molecular weight is 267 g/mol. The highest BCUT2D eigenvalue weighted by atomic mass is 35.5. The Bertz CT molecular complexity index is 590. The summed E-state index contributed by atoms with van der Waals surface area (Å²) in [6.45, 7) is 6.06. The number of ether oxygens (including phenoxy) is 1. The van der Waals surface area contributed by atoms with Crippen LogP contribution in [0.3, 0.4) is 0 Å². The third-order valence-corrected chi connectivity index (χ3v) is 2.94. The maximum absolute atomic E-state index is 11.9. The lowest BCUT2D eigenvalue weighted by atomic mass is 10.3. The highest BCUT2D eigenvalue weighted by molar-refractivity contribution is 6.35. The molecule has 0 aliphatic carbocycles. The summed E-state index contributed by atoms with van der Waals surface area (Å²) in [6, 6.07) is 5.52. The van der Waals surface area contributed by atoms with Crippen molar-refractivity contribution in [3.05, 3.63) is 29.0 Å². The fraction of sp³-hybridized carbons (Fsp3) is 0.385. The van der Waals surface area contributed by atoms with Gasteiger partial charge in [-0.1, -0.05) is 17.7 Å². The van der Waals surface area contributed by atoms with Gasteiger partial charge in [-0.25, -0.2) is 9.78 Å². The summed E-state index contributed by atoms with van der Waals surface area (Å²) in [5.41, 5.74) is 1.48. The van der Waals surface area contributed by atoms with E-state index in [0.29, 0.717) is 23.0 Å². The first-order valence-electron chi connectivity index (χ1n) is 5.89. The lowest BCUT2D eigenvalue weighted by Gasteiger charge is -2.12. The Hall–Kier alpha value is -1.55. The van der Waals surface area contributed by atoms with Gasteiger partial charge in [0.15, 0.2) is 0 Å². The van der Waals surface area contributed by atoms with Crippen molar-refractivity contribution in [3.8, 4) is 0 Å². The van der Waals surface area contributed by atoms with Gasteiger partial charge in [0.1, 0.15) is 0 Å². The Labute approximate surface area is 111 Å². The zero-order valence-electron chi connectivity index (χ0n) is 10.6. The van der Waals surface area contributed by atoms with Crippen LogP contribution in [0, 0.1) is 0 Å². The number of benzene rings is 1. The van der Waals surface area contributed by atoms with Gasteiger partial charge in [0, 0.05) is 6.04 Å². The van der Waals surface area contributed by atoms with Crippen LogP contribution in [0.1, 0.15) is 37.4 Å². The molecule has 4 nitrogen and oxygen atoms in total. The molecule has 0 fully saturated rings. The van der Waals surface area contributed by atoms with Gasteiger partial charge in [-0.15, -0.1) is 0 Å². The van der Waals surface area contributed by atoms with Gasteiger partial charge < -0.3 is 9.30 Å².